The van der Waals surface area contributed by atoms with Crippen LogP contribution in [0.1, 0.15) is 20.8 Å². The molecule has 0 spiro atoms. The van der Waals surface area contributed by atoms with Crippen molar-refractivity contribution in [3.8, 4) is 0 Å². The van der Waals surface area contributed by atoms with Crippen molar-refractivity contribution in [2.24, 2.45) is 0 Å². The highest BCUT2D eigenvalue weighted by atomic mass is 35.5. The van der Waals surface area contributed by atoms with Gasteiger partial charge in [-0.05, 0) is 36.1 Å². The molecule has 3 nitrogen and oxygen atoms in total. The van der Waals surface area contributed by atoms with Gasteiger partial charge in [-0.3, -0.25) is 4.79 Å². The number of rotatable bonds is 6. The zero-order valence-corrected chi connectivity index (χ0v) is 14.3. The van der Waals surface area contributed by atoms with Gasteiger partial charge in [-0.25, -0.2) is 4.39 Å². The minimum absolute atomic E-state index is 0.0890. The number of halogens is 2. The van der Waals surface area contributed by atoms with E-state index in [2.05, 4.69) is 0 Å². The average Bonchev–Trinajstić information content (AvgIpc) is 3.24. The maximum absolute atomic E-state index is 14.1. The Morgan fingerprint density at radius 1 is 1.25 bits per heavy atom. The van der Waals surface area contributed by atoms with Crippen molar-refractivity contribution in [2.45, 2.75) is 13.0 Å². The first-order chi connectivity index (χ1) is 11.6. The van der Waals surface area contributed by atoms with Crippen LogP contribution in [-0.4, -0.2) is 17.4 Å². The van der Waals surface area contributed by atoms with E-state index in [1.54, 1.807) is 34.8 Å². The average molecular weight is 364 g/mol. The molecule has 1 aromatic carbocycles. The van der Waals surface area contributed by atoms with Gasteiger partial charge in [-0.15, -0.1) is 11.3 Å². The van der Waals surface area contributed by atoms with E-state index in [1.807, 2.05) is 17.5 Å². The lowest BCUT2D eigenvalue weighted by Crippen LogP contribution is -2.33. The molecule has 0 atom stereocenters. The highest BCUT2D eigenvalue weighted by Gasteiger charge is 2.22. The van der Waals surface area contributed by atoms with Gasteiger partial charge in [0.2, 0.25) is 0 Å². The summed E-state index contributed by atoms with van der Waals surface area (Å²) in [7, 11) is 0. The number of furan rings is 1. The Morgan fingerprint density at radius 2 is 2.12 bits per heavy atom. The predicted octanol–water partition coefficient (Wildman–Crippen LogP) is 5.02. The topological polar surface area (TPSA) is 33.5 Å². The second-order valence-corrected chi connectivity index (χ2v) is 6.72. The van der Waals surface area contributed by atoms with E-state index < -0.39 is 11.7 Å². The van der Waals surface area contributed by atoms with Crippen LogP contribution in [-0.2, 0) is 13.0 Å². The van der Waals surface area contributed by atoms with E-state index in [-0.39, 0.29) is 10.6 Å². The fourth-order valence-electron chi connectivity index (χ4n) is 2.42. The Balaban J connectivity index is 1.83. The zero-order valence-electron chi connectivity index (χ0n) is 12.7. The molecule has 3 aromatic rings. The number of nitrogens with zero attached hydrogens (tertiary/aromatic N) is 1. The summed E-state index contributed by atoms with van der Waals surface area (Å²) in [4.78, 5) is 15.6. The Labute approximate surface area is 148 Å². The zero-order chi connectivity index (χ0) is 16.9. The lowest BCUT2D eigenvalue weighted by molar-refractivity contribution is 0.0740. The van der Waals surface area contributed by atoms with Crippen LogP contribution in [0.5, 0.6) is 0 Å². The summed E-state index contributed by atoms with van der Waals surface area (Å²) >= 11 is 7.68. The summed E-state index contributed by atoms with van der Waals surface area (Å²) in [5.41, 5.74) is 0.760. The smallest absolute Gasteiger partial charge is 0.258 e. The SMILES string of the molecule is O=C(c1c(F)cccc1Cl)N(CCc1cccs1)Cc1ccoc1. The molecule has 0 N–H and O–H groups in total. The molecular formula is C18H15ClFNO2S. The largest absolute Gasteiger partial charge is 0.472 e. The van der Waals surface area contributed by atoms with Crippen LogP contribution in [0.3, 0.4) is 0 Å². The van der Waals surface area contributed by atoms with Crippen molar-refractivity contribution in [3.05, 3.63) is 81.1 Å². The van der Waals surface area contributed by atoms with Crippen molar-refractivity contribution in [1.82, 2.24) is 4.90 Å². The number of amides is 1. The molecule has 0 unspecified atom stereocenters. The number of carbonyl (C=O) groups is 1. The van der Waals surface area contributed by atoms with Crippen LogP contribution >= 0.6 is 22.9 Å². The van der Waals surface area contributed by atoms with Gasteiger partial charge in [0.05, 0.1) is 23.1 Å². The van der Waals surface area contributed by atoms with E-state index >= 15 is 0 Å². The van der Waals surface area contributed by atoms with Gasteiger partial charge in [-0.1, -0.05) is 23.7 Å². The van der Waals surface area contributed by atoms with Gasteiger partial charge in [0.15, 0.2) is 0 Å². The monoisotopic (exact) mass is 363 g/mol. The number of hydrogen-bond acceptors (Lipinski definition) is 3. The summed E-state index contributed by atoms with van der Waals surface area (Å²) in [5, 5.41) is 2.11. The molecule has 0 bridgehead atoms. The summed E-state index contributed by atoms with van der Waals surface area (Å²) in [6.45, 7) is 0.806. The molecule has 0 aliphatic rings. The van der Waals surface area contributed by atoms with Gasteiger partial charge >= 0.3 is 0 Å². The summed E-state index contributed by atoms with van der Waals surface area (Å²) in [5.74, 6) is -1.03. The van der Waals surface area contributed by atoms with E-state index in [1.165, 1.54) is 23.1 Å². The number of benzene rings is 1. The predicted molar refractivity (Wildman–Crippen MR) is 92.9 cm³/mol. The number of hydrogen-bond donors (Lipinski definition) is 0. The van der Waals surface area contributed by atoms with Crippen molar-refractivity contribution in [2.75, 3.05) is 6.54 Å². The number of thiophene rings is 1. The second kappa shape index (κ2) is 7.64. The quantitative estimate of drug-likeness (QED) is 0.616. The third-order valence-electron chi connectivity index (χ3n) is 3.63. The summed E-state index contributed by atoms with van der Waals surface area (Å²) in [6, 6.07) is 10.0. The van der Waals surface area contributed by atoms with Gasteiger partial charge in [0, 0.05) is 23.5 Å². The molecule has 1 amide bonds. The standard InChI is InChI=1S/C18H15ClFNO2S/c19-15-4-1-5-16(20)17(15)18(22)21(11-13-7-9-23-12-13)8-6-14-3-2-10-24-14/h1-5,7,9-10,12H,6,8,11H2. The molecular weight excluding hydrogens is 349 g/mol. The molecule has 6 heteroatoms. The van der Waals surface area contributed by atoms with Crippen LogP contribution in [0, 0.1) is 5.82 Å². The Bertz CT molecular complexity index is 782. The van der Waals surface area contributed by atoms with Crippen LogP contribution < -0.4 is 0 Å². The Kier molecular flexibility index (Phi) is 5.33. The molecule has 0 saturated heterocycles. The van der Waals surface area contributed by atoms with Gasteiger partial charge in [-0.2, -0.15) is 0 Å². The molecule has 3 rings (SSSR count). The first kappa shape index (κ1) is 16.7. The van der Waals surface area contributed by atoms with Gasteiger partial charge < -0.3 is 9.32 Å². The molecule has 24 heavy (non-hydrogen) atoms. The lowest BCUT2D eigenvalue weighted by Gasteiger charge is -2.22. The maximum atomic E-state index is 14.1. The van der Waals surface area contributed by atoms with E-state index in [9.17, 15) is 9.18 Å². The highest BCUT2D eigenvalue weighted by molar-refractivity contribution is 7.09. The number of carbonyl (C=O) groups excluding carboxylic acids is 1. The van der Waals surface area contributed by atoms with Gasteiger partial charge in [0.1, 0.15) is 5.82 Å². The Hall–Kier alpha value is -2.11. The first-order valence-electron chi connectivity index (χ1n) is 7.42. The van der Waals surface area contributed by atoms with E-state index in [0.717, 1.165) is 5.56 Å². The van der Waals surface area contributed by atoms with E-state index in [4.69, 9.17) is 16.0 Å². The molecule has 2 heterocycles. The lowest BCUT2D eigenvalue weighted by atomic mass is 10.1. The molecule has 0 fully saturated rings. The minimum Gasteiger partial charge on any atom is -0.472 e. The van der Waals surface area contributed by atoms with Crippen molar-refractivity contribution < 1.29 is 13.6 Å². The van der Waals surface area contributed by atoms with Crippen LogP contribution in [0.25, 0.3) is 0 Å². The van der Waals surface area contributed by atoms with E-state index in [0.29, 0.717) is 19.5 Å². The fraction of sp³-hybridized carbons (Fsp3) is 0.167. The Morgan fingerprint density at radius 3 is 2.79 bits per heavy atom. The van der Waals surface area contributed by atoms with Crippen molar-refractivity contribution in [3.63, 3.8) is 0 Å². The molecule has 124 valence electrons. The second-order valence-electron chi connectivity index (χ2n) is 5.28. The summed E-state index contributed by atoms with van der Waals surface area (Å²) < 4.78 is 19.2. The normalized spacial score (nSPS) is 10.8. The highest BCUT2D eigenvalue weighted by Crippen LogP contribution is 2.22. The third-order valence-corrected chi connectivity index (χ3v) is 4.88. The minimum atomic E-state index is -0.610. The molecule has 0 aliphatic carbocycles. The molecule has 0 aliphatic heterocycles. The third kappa shape index (κ3) is 3.86. The van der Waals surface area contributed by atoms with Crippen LogP contribution in [0.4, 0.5) is 4.39 Å². The molecule has 0 radical (unpaired) electrons. The maximum Gasteiger partial charge on any atom is 0.258 e. The van der Waals surface area contributed by atoms with Crippen molar-refractivity contribution in [1.29, 1.82) is 0 Å². The molecule has 2 aromatic heterocycles. The molecule has 0 saturated carbocycles. The summed E-state index contributed by atoms with van der Waals surface area (Å²) in [6.07, 6.45) is 3.83. The first-order valence-corrected chi connectivity index (χ1v) is 8.67. The van der Waals surface area contributed by atoms with Crippen LogP contribution in [0.15, 0.2) is 58.7 Å². The van der Waals surface area contributed by atoms with Gasteiger partial charge in [0.25, 0.3) is 5.91 Å². The van der Waals surface area contributed by atoms with Crippen LogP contribution in [0.2, 0.25) is 5.02 Å². The van der Waals surface area contributed by atoms with Crippen molar-refractivity contribution >= 4 is 28.8 Å². The fourth-order valence-corrected chi connectivity index (χ4v) is 3.36.